The number of carboxylic acid groups (broad SMARTS) is 1. The Labute approximate surface area is 126 Å². The third kappa shape index (κ3) is 3.13. The quantitative estimate of drug-likeness (QED) is 0.708. The molecule has 1 aromatic carbocycles. The minimum absolute atomic E-state index is 0.0191. The van der Waals surface area contributed by atoms with Gasteiger partial charge in [-0.1, -0.05) is 6.07 Å². The van der Waals surface area contributed by atoms with Crippen LogP contribution in [0.1, 0.15) is 31.1 Å². The number of rotatable bonds is 2. The van der Waals surface area contributed by atoms with Crippen LogP contribution in [0.15, 0.2) is 24.3 Å². The van der Waals surface area contributed by atoms with Gasteiger partial charge in [-0.2, -0.15) is 0 Å². The fraction of sp³-hybridized carbons (Fsp3) is 0.286. The molecule has 2 rings (SSSR count). The van der Waals surface area contributed by atoms with E-state index in [1.807, 2.05) is 0 Å². The summed E-state index contributed by atoms with van der Waals surface area (Å²) in [5.74, 6) is -1.15. The van der Waals surface area contributed by atoms with Gasteiger partial charge < -0.3 is 19.9 Å². The summed E-state index contributed by atoms with van der Waals surface area (Å²) in [6.07, 6.45) is -0.812. The zero-order chi connectivity index (χ0) is 16.7. The highest BCUT2D eigenvalue weighted by Gasteiger charge is 2.27. The Morgan fingerprint density at radius 1 is 1.18 bits per heavy atom. The molecule has 0 spiro atoms. The van der Waals surface area contributed by atoms with Crippen molar-refractivity contribution in [3.8, 4) is 0 Å². The maximum absolute atomic E-state index is 12.3. The molecule has 7 nitrogen and oxygen atoms in total. The van der Waals surface area contributed by atoms with Crippen molar-refractivity contribution in [1.82, 2.24) is 4.57 Å². The van der Waals surface area contributed by atoms with Crippen molar-refractivity contribution in [2.45, 2.75) is 26.4 Å². The van der Waals surface area contributed by atoms with Gasteiger partial charge in [0, 0.05) is 0 Å². The number of carboxylic acids is 1. The Morgan fingerprint density at radius 3 is 2.32 bits per heavy atom. The van der Waals surface area contributed by atoms with Crippen molar-refractivity contribution < 1.29 is 29.5 Å². The van der Waals surface area contributed by atoms with E-state index in [0.717, 1.165) is 4.57 Å². The van der Waals surface area contributed by atoms with Crippen LogP contribution in [0.25, 0.3) is 10.9 Å². The normalized spacial score (nSPS) is 11.5. The highest BCUT2D eigenvalue weighted by molar-refractivity contribution is 6.59. The Balaban J connectivity index is 2.66. The van der Waals surface area contributed by atoms with Crippen molar-refractivity contribution in [2.24, 2.45) is 0 Å². The van der Waals surface area contributed by atoms with E-state index in [9.17, 15) is 19.6 Å². The Hall–Kier alpha value is -2.32. The van der Waals surface area contributed by atoms with Crippen molar-refractivity contribution in [3.05, 3.63) is 29.8 Å². The lowest BCUT2D eigenvalue weighted by atomic mass is 9.86. The molecule has 0 fully saturated rings. The molecule has 1 heterocycles. The number of benzene rings is 1. The van der Waals surface area contributed by atoms with Gasteiger partial charge in [0.2, 0.25) is 0 Å². The third-order valence-corrected chi connectivity index (χ3v) is 2.92. The summed E-state index contributed by atoms with van der Waals surface area (Å²) in [5, 5.41) is 28.4. The second kappa shape index (κ2) is 5.47. The van der Waals surface area contributed by atoms with Crippen molar-refractivity contribution in [1.29, 1.82) is 0 Å². The van der Waals surface area contributed by atoms with Crippen molar-refractivity contribution in [3.63, 3.8) is 0 Å². The molecule has 0 amide bonds. The van der Waals surface area contributed by atoms with Crippen LogP contribution in [-0.2, 0) is 4.74 Å². The molecule has 1 aromatic heterocycles. The standard InChI is InChI=1S/C14H16BNO6/c1-14(2,3)22-13(19)16-10-6-9(12(17)18)5-4-8(10)7-11(16)15(20)21/h4-7,20-21H,1-3H3,(H,17,18). The van der Waals surface area contributed by atoms with Gasteiger partial charge in [-0.15, -0.1) is 0 Å². The van der Waals surface area contributed by atoms with E-state index < -0.39 is 24.8 Å². The molecule has 116 valence electrons. The number of nitrogens with zero attached hydrogens (tertiary/aromatic N) is 1. The van der Waals surface area contributed by atoms with Gasteiger partial charge in [-0.3, -0.25) is 4.57 Å². The molecular weight excluding hydrogens is 289 g/mol. The molecule has 0 radical (unpaired) electrons. The summed E-state index contributed by atoms with van der Waals surface area (Å²) in [6, 6.07) is 5.55. The first-order valence-electron chi connectivity index (χ1n) is 6.58. The van der Waals surface area contributed by atoms with Gasteiger partial charge >= 0.3 is 19.2 Å². The monoisotopic (exact) mass is 305 g/mol. The van der Waals surface area contributed by atoms with Crippen LogP contribution >= 0.6 is 0 Å². The maximum atomic E-state index is 12.3. The van der Waals surface area contributed by atoms with E-state index in [2.05, 4.69) is 0 Å². The maximum Gasteiger partial charge on any atom is 0.506 e. The Kier molecular flexibility index (Phi) is 3.99. The number of hydrogen-bond acceptors (Lipinski definition) is 5. The number of carbonyl (C=O) groups is 2. The Morgan fingerprint density at radius 2 is 1.82 bits per heavy atom. The predicted octanol–water partition coefficient (Wildman–Crippen LogP) is 0.802. The number of carbonyl (C=O) groups excluding carboxylic acids is 1. The topological polar surface area (TPSA) is 109 Å². The molecule has 0 aliphatic rings. The predicted molar refractivity (Wildman–Crippen MR) is 80.4 cm³/mol. The zero-order valence-electron chi connectivity index (χ0n) is 12.4. The van der Waals surface area contributed by atoms with Gasteiger partial charge in [-0.05, 0) is 44.4 Å². The first-order valence-corrected chi connectivity index (χ1v) is 6.58. The van der Waals surface area contributed by atoms with E-state index >= 15 is 0 Å². The average Bonchev–Trinajstić information content (AvgIpc) is 2.74. The van der Waals surface area contributed by atoms with Gasteiger partial charge in [0.25, 0.3) is 0 Å². The van der Waals surface area contributed by atoms with Crippen LogP contribution in [0.2, 0.25) is 0 Å². The smallest absolute Gasteiger partial charge is 0.478 e. The van der Waals surface area contributed by atoms with E-state index in [0.29, 0.717) is 5.39 Å². The van der Waals surface area contributed by atoms with E-state index in [1.165, 1.54) is 24.3 Å². The number of fused-ring (bicyclic) bond motifs is 1. The zero-order valence-corrected chi connectivity index (χ0v) is 12.4. The molecule has 22 heavy (non-hydrogen) atoms. The van der Waals surface area contributed by atoms with Crippen LogP contribution in [0.5, 0.6) is 0 Å². The third-order valence-electron chi connectivity index (χ3n) is 2.92. The number of ether oxygens (including phenoxy) is 1. The number of aromatic carboxylic acids is 1. The summed E-state index contributed by atoms with van der Waals surface area (Å²) < 4.78 is 6.21. The van der Waals surface area contributed by atoms with Crippen LogP contribution in [0, 0.1) is 0 Å². The van der Waals surface area contributed by atoms with Gasteiger partial charge in [0.05, 0.1) is 16.7 Å². The summed E-state index contributed by atoms with van der Waals surface area (Å²) in [5.41, 5.74) is -0.658. The summed E-state index contributed by atoms with van der Waals surface area (Å²) >= 11 is 0. The molecule has 0 unspecified atom stereocenters. The lowest BCUT2D eigenvalue weighted by Crippen LogP contribution is -2.41. The van der Waals surface area contributed by atoms with E-state index in [4.69, 9.17) is 9.84 Å². The van der Waals surface area contributed by atoms with E-state index in [1.54, 1.807) is 20.8 Å². The van der Waals surface area contributed by atoms with Crippen LogP contribution < -0.4 is 5.59 Å². The molecule has 0 saturated carbocycles. The van der Waals surface area contributed by atoms with Gasteiger partial charge in [-0.25, -0.2) is 9.59 Å². The number of hydrogen-bond donors (Lipinski definition) is 3. The highest BCUT2D eigenvalue weighted by atomic mass is 16.6. The average molecular weight is 305 g/mol. The summed E-state index contributed by atoms with van der Waals surface area (Å²) in [6.45, 7) is 5.02. The molecule has 0 atom stereocenters. The minimum atomic E-state index is -1.90. The minimum Gasteiger partial charge on any atom is -0.478 e. The summed E-state index contributed by atoms with van der Waals surface area (Å²) in [7, 11) is -1.90. The van der Waals surface area contributed by atoms with Crippen LogP contribution in [0.4, 0.5) is 4.79 Å². The fourth-order valence-electron chi connectivity index (χ4n) is 2.06. The Bertz CT molecular complexity index is 744. The van der Waals surface area contributed by atoms with Crippen molar-refractivity contribution in [2.75, 3.05) is 0 Å². The SMILES string of the molecule is CC(C)(C)OC(=O)n1c(B(O)O)cc2ccc(C(=O)O)cc21. The first-order chi connectivity index (χ1) is 10.1. The van der Waals surface area contributed by atoms with Crippen LogP contribution in [-0.4, -0.2) is 44.5 Å². The second-order valence-corrected chi connectivity index (χ2v) is 5.84. The summed E-state index contributed by atoms with van der Waals surface area (Å²) in [4.78, 5) is 23.4. The molecule has 0 bridgehead atoms. The molecule has 0 saturated heterocycles. The molecule has 8 heteroatoms. The lowest BCUT2D eigenvalue weighted by molar-refractivity contribution is 0.0546. The van der Waals surface area contributed by atoms with Crippen LogP contribution in [0.3, 0.4) is 0 Å². The highest BCUT2D eigenvalue weighted by Crippen LogP contribution is 2.19. The molecule has 0 aliphatic carbocycles. The molecule has 3 N–H and O–H groups in total. The van der Waals surface area contributed by atoms with E-state index in [-0.39, 0.29) is 16.7 Å². The van der Waals surface area contributed by atoms with Crippen molar-refractivity contribution >= 4 is 35.7 Å². The number of aromatic nitrogens is 1. The molecule has 2 aromatic rings. The fourth-order valence-corrected chi connectivity index (χ4v) is 2.06. The second-order valence-electron chi connectivity index (χ2n) is 5.84. The van der Waals surface area contributed by atoms with Gasteiger partial charge in [0.15, 0.2) is 0 Å². The van der Waals surface area contributed by atoms with Gasteiger partial charge in [0.1, 0.15) is 5.60 Å². The molecular formula is C14H16BNO6. The largest absolute Gasteiger partial charge is 0.506 e. The molecule has 0 aliphatic heterocycles. The first kappa shape index (κ1) is 16.1. The lowest BCUT2D eigenvalue weighted by Gasteiger charge is -2.21.